The monoisotopic (exact) mass is 412 g/mol. The van der Waals surface area contributed by atoms with Crippen molar-refractivity contribution in [2.75, 3.05) is 44.0 Å². The van der Waals surface area contributed by atoms with Gasteiger partial charge < -0.3 is 19.9 Å². The number of anilines is 2. The molecule has 1 N–H and O–H groups in total. The van der Waals surface area contributed by atoms with E-state index in [2.05, 4.69) is 5.32 Å². The number of nitro benzene ring substituents is 1. The highest BCUT2D eigenvalue weighted by Gasteiger charge is 2.25. The minimum atomic E-state index is -0.472. The van der Waals surface area contributed by atoms with Crippen molar-refractivity contribution in [1.82, 2.24) is 4.90 Å². The summed E-state index contributed by atoms with van der Waals surface area (Å²) >= 11 is 0. The SMILES string of the molecule is COc1cccc(NC(=O)CN(C)C(=O)c2ccc(N3CCCC3)c([N+](=O)[O-])c2)c1. The van der Waals surface area contributed by atoms with Crippen LogP contribution in [0.5, 0.6) is 5.75 Å². The lowest BCUT2D eigenvalue weighted by atomic mass is 10.1. The smallest absolute Gasteiger partial charge is 0.293 e. The number of carbonyl (C=O) groups excluding carboxylic acids is 2. The average molecular weight is 412 g/mol. The van der Waals surface area contributed by atoms with Crippen molar-refractivity contribution >= 4 is 28.9 Å². The lowest BCUT2D eigenvalue weighted by Crippen LogP contribution is -2.35. The minimum absolute atomic E-state index is 0.100. The Balaban J connectivity index is 1.69. The maximum absolute atomic E-state index is 12.7. The largest absolute Gasteiger partial charge is 0.497 e. The van der Waals surface area contributed by atoms with Crippen LogP contribution in [-0.2, 0) is 4.79 Å². The van der Waals surface area contributed by atoms with Crippen LogP contribution in [0.3, 0.4) is 0 Å². The quantitative estimate of drug-likeness (QED) is 0.554. The highest BCUT2D eigenvalue weighted by Crippen LogP contribution is 2.32. The summed E-state index contributed by atoms with van der Waals surface area (Å²) in [4.78, 5) is 39.3. The summed E-state index contributed by atoms with van der Waals surface area (Å²) in [6, 6.07) is 11.3. The van der Waals surface area contributed by atoms with Gasteiger partial charge in [0.15, 0.2) is 0 Å². The number of nitrogens with zero attached hydrogens (tertiary/aromatic N) is 3. The zero-order chi connectivity index (χ0) is 21.7. The molecular weight excluding hydrogens is 388 g/mol. The molecular formula is C21H24N4O5. The number of benzene rings is 2. The lowest BCUT2D eigenvalue weighted by Gasteiger charge is -2.20. The van der Waals surface area contributed by atoms with E-state index >= 15 is 0 Å². The number of ether oxygens (including phenoxy) is 1. The van der Waals surface area contributed by atoms with Crippen molar-refractivity contribution in [2.45, 2.75) is 12.8 Å². The number of nitrogens with one attached hydrogen (secondary N) is 1. The predicted molar refractivity (Wildman–Crippen MR) is 113 cm³/mol. The summed E-state index contributed by atoms with van der Waals surface area (Å²) in [7, 11) is 3.01. The van der Waals surface area contributed by atoms with Crippen LogP contribution in [-0.4, -0.2) is 55.4 Å². The molecule has 0 radical (unpaired) electrons. The molecule has 0 saturated carbocycles. The van der Waals surface area contributed by atoms with E-state index in [1.54, 1.807) is 36.4 Å². The molecule has 1 aliphatic heterocycles. The first kappa shape index (κ1) is 21.1. The Hall–Kier alpha value is -3.62. The second-order valence-corrected chi connectivity index (χ2v) is 7.10. The Bertz CT molecular complexity index is 956. The van der Waals surface area contributed by atoms with Gasteiger partial charge in [-0.05, 0) is 37.1 Å². The summed E-state index contributed by atoms with van der Waals surface area (Å²) in [5.74, 6) is -0.253. The number of carbonyl (C=O) groups is 2. The van der Waals surface area contributed by atoms with Gasteiger partial charge in [-0.2, -0.15) is 0 Å². The fourth-order valence-electron chi connectivity index (χ4n) is 3.44. The highest BCUT2D eigenvalue weighted by atomic mass is 16.6. The van der Waals surface area contributed by atoms with Gasteiger partial charge in [0, 0.05) is 43.5 Å². The van der Waals surface area contributed by atoms with E-state index in [1.807, 2.05) is 4.90 Å². The summed E-state index contributed by atoms with van der Waals surface area (Å²) in [5.41, 5.74) is 1.14. The highest BCUT2D eigenvalue weighted by molar-refractivity contribution is 6.00. The average Bonchev–Trinajstić information content (AvgIpc) is 3.27. The Morgan fingerprint density at radius 2 is 1.93 bits per heavy atom. The molecule has 0 atom stereocenters. The molecule has 30 heavy (non-hydrogen) atoms. The van der Waals surface area contributed by atoms with Gasteiger partial charge in [0.05, 0.1) is 18.6 Å². The second kappa shape index (κ2) is 9.25. The van der Waals surface area contributed by atoms with Crippen LogP contribution in [0.2, 0.25) is 0 Å². The topological polar surface area (TPSA) is 105 Å². The van der Waals surface area contributed by atoms with Crippen LogP contribution >= 0.6 is 0 Å². The molecule has 2 amide bonds. The zero-order valence-electron chi connectivity index (χ0n) is 17.0. The Morgan fingerprint density at radius 3 is 2.60 bits per heavy atom. The Kier molecular flexibility index (Phi) is 6.51. The van der Waals surface area contributed by atoms with E-state index in [4.69, 9.17) is 4.74 Å². The fraction of sp³-hybridized carbons (Fsp3) is 0.333. The van der Waals surface area contributed by atoms with E-state index in [0.717, 1.165) is 25.9 Å². The number of hydrogen-bond acceptors (Lipinski definition) is 6. The van der Waals surface area contributed by atoms with Crippen molar-refractivity contribution in [3.8, 4) is 5.75 Å². The van der Waals surface area contributed by atoms with Crippen molar-refractivity contribution in [3.63, 3.8) is 0 Å². The van der Waals surface area contributed by atoms with Gasteiger partial charge in [-0.25, -0.2) is 0 Å². The van der Waals surface area contributed by atoms with Crippen LogP contribution in [0.25, 0.3) is 0 Å². The minimum Gasteiger partial charge on any atom is -0.497 e. The van der Waals surface area contributed by atoms with E-state index in [9.17, 15) is 19.7 Å². The van der Waals surface area contributed by atoms with Crippen LogP contribution < -0.4 is 15.0 Å². The van der Waals surface area contributed by atoms with Crippen molar-refractivity contribution in [1.29, 1.82) is 0 Å². The first-order chi connectivity index (χ1) is 14.4. The van der Waals surface area contributed by atoms with Crippen LogP contribution in [0.15, 0.2) is 42.5 Å². The maximum Gasteiger partial charge on any atom is 0.293 e. The van der Waals surface area contributed by atoms with Crippen molar-refractivity contribution in [2.24, 2.45) is 0 Å². The third-order valence-electron chi connectivity index (χ3n) is 4.95. The van der Waals surface area contributed by atoms with Gasteiger partial charge in [0.2, 0.25) is 5.91 Å². The first-order valence-electron chi connectivity index (χ1n) is 9.62. The van der Waals surface area contributed by atoms with E-state index in [0.29, 0.717) is 17.1 Å². The molecule has 0 aliphatic carbocycles. The number of likely N-dealkylation sites (N-methyl/N-ethyl adjacent to an activating group) is 1. The number of hydrogen-bond donors (Lipinski definition) is 1. The zero-order valence-corrected chi connectivity index (χ0v) is 17.0. The number of nitro groups is 1. The molecule has 2 aromatic carbocycles. The van der Waals surface area contributed by atoms with Gasteiger partial charge in [-0.1, -0.05) is 6.07 Å². The molecule has 9 nitrogen and oxygen atoms in total. The van der Waals surface area contributed by atoms with Crippen LogP contribution in [0.4, 0.5) is 17.1 Å². The first-order valence-corrected chi connectivity index (χ1v) is 9.62. The third kappa shape index (κ3) is 4.86. The van der Waals surface area contributed by atoms with Gasteiger partial charge >= 0.3 is 0 Å². The molecule has 0 unspecified atom stereocenters. The molecule has 3 rings (SSSR count). The van der Waals surface area contributed by atoms with Crippen molar-refractivity contribution < 1.29 is 19.2 Å². The van der Waals surface area contributed by atoms with E-state index in [1.165, 1.54) is 25.1 Å². The normalized spacial score (nSPS) is 13.1. The molecule has 0 spiro atoms. The second-order valence-electron chi connectivity index (χ2n) is 7.10. The van der Waals surface area contributed by atoms with Crippen LogP contribution in [0, 0.1) is 10.1 Å². The van der Waals surface area contributed by atoms with E-state index < -0.39 is 10.8 Å². The summed E-state index contributed by atoms with van der Waals surface area (Å²) < 4.78 is 5.12. The van der Waals surface area contributed by atoms with Gasteiger partial charge in [0.25, 0.3) is 11.6 Å². The molecule has 158 valence electrons. The van der Waals surface area contributed by atoms with Crippen LogP contribution in [0.1, 0.15) is 23.2 Å². The van der Waals surface area contributed by atoms with E-state index in [-0.39, 0.29) is 23.7 Å². The predicted octanol–water partition coefficient (Wildman–Crippen LogP) is 2.91. The molecule has 1 aliphatic rings. The Morgan fingerprint density at radius 1 is 1.20 bits per heavy atom. The summed E-state index contributed by atoms with van der Waals surface area (Å²) in [5, 5.41) is 14.2. The van der Waals surface area contributed by atoms with Crippen molar-refractivity contribution in [3.05, 3.63) is 58.1 Å². The molecule has 1 heterocycles. The van der Waals surface area contributed by atoms with Gasteiger partial charge in [0.1, 0.15) is 11.4 Å². The third-order valence-corrected chi connectivity index (χ3v) is 4.95. The fourth-order valence-corrected chi connectivity index (χ4v) is 3.44. The summed E-state index contributed by atoms with van der Waals surface area (Å²) in [6.07, 6.45) is 1.98. The van der Waals surface area contributed by atoms with Gasteiger partial charge in [-0.3, -0.25) is 19.7 Å². The molecule has 1 saturated heterocycles. The molecule has 0 aromatic heterocycles. The molecule has 9 heteroatoms. The number of methoxy groups -OCH3 is 1. The lowest BCUT2D eigenvalue weighted by molar-refractivity contribution is -0.384. The standard InChI is InChI=1S/C21H24N4O5/c1-23(14-20(26)22-16-6-5-7-17(13-16)30-2)21(27)15-8-9-18(19(12-15)25(28)29)24-10-3-4-11-24/h5-9,12-13H,3-4,10-11,14H2,1-2H3,(H,22,26). The Labute approximate surface area is 174 Å². The molecule has 1 fully saturated rings. The number of rotatable bonds is 7. The molecule has 2 aromatic rings. The number of amides is 2. The summed E-state index contributed by atoms with van der Waals surface area (Å²) in [6.45, 7) is 1.33. The molecule has 0 bridgehead atoms. The maximum atomic E-state index is 12.7. The van der Waals surface area contributed by atoms with Gasteiger partial charge in [-0.15, -0.1) is 0 Å².